The Morgan fingerprint density at radius 1 is 1.50 bits per heavy atom. The predicted molar refractivity (Wildman–Crippen MR) is 83.9 cm³/mol. The zero-order chi connectivity index (χ0) is 15.1. The van der Waals surface area contributed by atoms with Gasteiger partial charge in [-0.25, -0.2) is 0 Å². The highest BCUT2D eigenvalue weighted by molar-refractivity contribution is 7.14. The van der Waals surface area contributed by atoms with E-state index >= 15 is 0 Å². The van der Waals surface area contributed by atoms with Gasteiger partial charge < -0.3 is 9.64 Å². The quantitative estimate of drug-likeness (QED) is 0.855. The normalized spacial score (nSPS) is 21.1. The Balaban J connectivity index is 1.60. The van der Waals surface area contributed by atoms with Crippen molar-refractivity contribution in [2.45, 2.75) is 31.9 Å². The lowest BCUT2D eigenvalue weighted by atomic mass is 10.1. The van der Waals surface area contributed by atoms with E-state index in [1.165, 1.54) is 10.4 Å². The second-order valence-electron chi connectivity index (χ2n) is 5.97. The summed E-state index contributed by atoms with van der Waals surface area (Å²) in [6, 6.07) is 2.19. The number of rotatable bonds is 2. The maximum Gasteiger partial charge on any atom is 0.264 e. The molecular weight excluding hydrogens is 298 g/mol. The third-order valence-electron chi connectivity index (χ3n) is 4.46. The van der Waals surface area contributed by atoms with Crippen LogP contribution in [0.5, 0.6) is 0 Å². The Bertz CT molecular complexity index is 683. The fraction of sp³-hybridized carbons (Fsp3) is 0.500. The molecule has 22 heavy (non-hydrogen) atoms. The van der Waals surface area contributed by atoms with Crippen LogP contribution in [0.3, 0.4) is 0 Å². The van der Waals surface area contributed by atoms with Gasteiger partial charge in [-0.15, -0.1) is 11.3 Å². The highest BCUT2D eigenvalue weighted by Gasteiger charge is 2.32. The van der Waals surface area contributed by atoms with E-state index in [2.05, 4.69) is 5.10 Å². The lowest BCUT2D eigenvalue weighted by molar-refractivity contribution is 0.0740. The molecule has 1 saturated heterocycles. The number of amides is 1. The molecule has 0 spiro atoms. The maximum absolute atomic E-state index is 12.9. The van der Waals surface area contributed by atoms with Crippen LogP contribution in [0.25, 0.3) is 0 Å². The molecule has 1 amide bonds. The molecule has 4 rings (SSSR count). The number of aromatic nitrogens is 2. The van der Waals surface area contributed by atoms with Crippen LogP contribution in [-0.2, 0) is 24.8 Å². The van der Waals surface area contributed by atoms with E-state index < -0.39 is 0 Å². The van der Waals surface area contributed by atoms with Gasteiger partial charge in [0.2, 0.25) is 0 Å². The average Bonchev–Trinajstić information content (AvgIpc) is 3.24. The first-order valence-electron chi connectivity index (χ1n) is 7.71. The number of fused-ring (bicyclic) bond motifs is 1. The summed E-state index contributed by atoms with van der Waals surface area (Å²) in [6.45, 7) is 2.24. The van der Waals surface area contributed by atoms with Crippen LogP contribution < -0.4 is 0 Å². The van der Waals surface area contributed by atoms with Gasteiger partial charge in [0.1, 0.15) is 0 Å². The first kappa shape index (κ1) is 14.0. The summed E-state index contributed by atoms with van der Waals surface area (Å²) in [5.41, 5.74) is 2.33. The molecule has 0 aliphatic carbocycles. The van der Waals surface area contributed by atoms with Crippen LogP contribution in [0.15, 0.2) is 18.5 Å². The molecule has 1 fully saturated rings. The lowest BCUT2D eigenvalue weighted by Crippen LogP contribution is -2.29. The van der Waals surface area contributed by atoms with E-state index in [0.29, 0.717) is 6.61 Å². The number of nitrogens with zero attached hydrogens (tertiary/aromatic N) is 3. The van der Waals surface area contributed by atoms with Crippen LogP contribution in [0, 0.1) is 0 Å². The molecule has 2 aromatic heterocycles. The average molecular weight is 317 g/mol. The maximum atomic E-state index is 12.9. The van der Waals surface area contributed by atoms with Crippen molar-refractivity contribution >= 4 is 17.2 Å². The smallest absolute Gasteiger partial charge is 0.264 e. The van der Waals surface area contributed by atoms with E-state index in [1.807, 2.05) is 30.4 Å². The number of carbonyl (C=O) groups is 1. The van der Waals surface area contributed by atoms with Crippen LogP contribution in [-0.4, -0.2) is 33.7 Å². The molecule has 116 valence electrons. The molecular formula is C16H19N3O2S. The molecule has 5 nitrogen and oxygen atoms in total. The molecule has 0 saturated carbocycles. The van der Waals surface area contributed by atoms with E-state index in [1.54, 1.807) is 16.0 Å². The highest BCUT2D eigenvalue weighted by Crippen LogP contribution is 2.35. The summed E-state index contributed by atoms with van der Waals surface area (Å²) in [5, 5.41) is 4.25. The molecule has 0 radical (unpaired) electrons. The summed E-state index contributed by atoms with van der Waals surface area (Å²) in [7, 11) is 1.91. The fourth-order valence-electron chi connectivity index (χ4n) is 3.36. The minimum absolute atomic E-state index is 0.158. The van der Waals surface area contributed by atoms with Gasteiger partial charge in [0.25, 0.3) is 5.91 Å². The molecule has 2 aromatic rings. The summed E-state index contributed by atoms with van der Waals surface area (Å²) in [4.78, 5) is 17.1. The van der Waals surface area contributed by atoms with Crippen LogP contribution in [0.1, 0.15) is 44.6 Å². The Kier molecular flexibility index (Phi) is 3.50. The minimum atomic E-state index is 0.158. The van der Waals surface area contributed by atoms with Crippen LogP contribution in [0.2, 0.25) is 0 Å². The van der Waals surface area contributed by atoms with E-state index in [9.17, 15) is 4.79 Å². The van der Waals surface area contributed by atoms with E-state index in [4.69, 9.17) is 4.74 Å². The van der Waals surface area contributed by atoms with Gasteiger partial charge in [-0.2, -0.15) is 5.10 Å². The molecule has 4 heterocycles. The summed E-state index contributed by atoms with van der Waals surface area (Å²) >= 11 is 1.64. The Morgan fingerprint density at radius 2 is 2.41 bits per heavy atom. The molecule has 2 aliphatic heterocycles. The number of carbonyl (C=O) groups excluding carboxylic acids is 1. The summed E-state index contributed by atoms with van der Waals surface area (Å²) in [5.74, 6) is 0.158. The second-order valence-corrected chi connectivity index (χ2v) is 7.10. The first-order chi connectivity index (χ1) is 10.7. The van der Waals surface area contributed by atoms with Crippen molar-refractivity contribution in [3.05, 3.63) is 39.3 Å². The number of ether oxygens (including phenoxy) is 1. The number of hydrogen-bond acceptors (Lipinski definition) is 4. The standard InChI is InChI=1S/C16H19N3O2S/c1-18-9-12(8-17-18)13-3-2-5-19(13)16(20)15-7-11-10-21-6-4-14(11)22-15/h7-9,13H,2-6,10H2,1H3. The molecule has 0 aromatic carbocycles. The summed E-state index contributed by atoms with van der Waals surface area (Å²) in [6.07, 6.45) is 6.90. The second kappa shape index (κ2) is 5.52. The van der Waals surface area contributed by atoms with Crippen molar-refractivity contribution in [2.24, 2.45) is 7.05 Å². The highest BCUT2D eigenvalue weighted by atomic mass is 32.1. The van der Waals surface area contributed by atoms with Crippen molar-refractivity contribution < 1.29 is 9.53 Å². The number of likely N-dealkylation sites (tertiary alicyclic amines) is 1. The summed E-state index contributed by atoms with van der Waals surface area (Å²) < 4.78 is 7.28. The molecule has 0 bridgehead atoms. The molecule has 0 N–H and O–H groups in total. The monoisotopic (exact) mass is 317 g/mol. The molecule has 1 unspecified atom stereocenters. The number of hydrogen-bond donors (Lipinski definition) is 0. The fourth-order valence-corrected chi connectivity index (χ4v) is 4.47. The topological polar surface area (TPSA) is 47.4 Å². The third-order valence-corrected chi connectivity index (χ3v) is 5.69. The lowest BCUT2D eigenvalue weighted by Gasteiger charge is -2.23. The Morgan fingerprint density at radius 3 is 3.18 bits per heavy atom. The van der Waals surface area contributed by atoms with E-state index in [0.717, 1.165) is 42.9 Å². The van der Waals surface area contributed by atoms with Crippen molar-refractivity contribution in [3.63, 3.8) is 0 Å². The number of thiophene rings is 1. The SMILES string of the molecule is Cn1cc(C2CCCN2C(=O)c2cc3c(s2)CCOC3)cn1. The van der Waals surface area contributed by atoms with Crippen molar-refractivity contribution in [2.75, 3.05) is 13.2 Å². The molecule has 1 atom stereocenters. The van der Waals surface area contributed by atoms with Crippen molar-refractivity contribution in [1.82, 2.24) is 14.7 Å². The van der Waals surface area contributed by atoms with Gasteiger partial charge in [0.15, 0.2) is 0 Å². The first-order valence-corrected chi connectivity index (χ1v) is 8.53. The zero-order valence-electron chi connectivity index (χ0n) is 12.6. The van der Waals surface area contributed by atoms with Gasteiger partial charge in [-0.3, -0.25) is 9.48 Å². The van der Waals surface area contributed by atoms with Gasteiger partial charge in [-0.1, -0.05) is 0 Å². The van der Waals surface area contributed by atoms with Crippen LogP contribution in [0.4, 0.5) is 0 Å². The predicted octanol–water partition coefficient (Wildman–Crippen LogP) is 2.53. The van der Waals surface area contributed by atoms with Gasteiger partial charge in [0.05, 0.1) is 30.3 Å². The zero-order valence-corrected chi connectivity index (χ0v) is 13.4. The van der Waals surface area contributed by atoms with Crippen molar-refractivity contribution in [1.29, 1.82) is 0 Å². The Labute approximate surface area is 133 Å². The van der Waals surface area contributed by atoms with Gasteiger partial charge >= 0.3 is 0 Å². The third kappa shape index (κ3) is 2.36. The van der Waals surface area contributed by atoms with Crippen LogP contribution >= 0.6 is 11.3 Å². The van der Waals surface area contributed by atoms with Gasteiger partial charge in [-0.05, 0) is 24.5 Å². The molecule has 2 aliphatic rings. The Hall–Kier alpha value is -1.66. The largest absolute Gasteiger partial charge is 0.376 e. The van der Waals surface area contributed by atoms with E-state index in [-0.39, 0.29) is 11.9 Å². The minimum Gasteiger partial charge on any atom is -0.376 e. The van der Waals surface area contributed by atoms with Gasteiger partial charge in [0, 0.05) is 36.7 Å². The molecule has 6 heteroatoms. The van der Waals surface area contributed by atoms with Crippen molar-refractivity contribution in [3.8, 4) is 0 Å². The number of aryl methyl sites for hydroxylation is 1.